The molecule has 0 aromatic heterocycles. The van der Waals surface area contributed by atoms with Crippen molar-refractivity contribution in [2.24, 2.45) is 17.6 Å². The molecule has 5 N–H and O–H groups in total. The minimum absolute atomic E-state index is 0.0175. The van der Waals surface area contributed by atoms with Gasteiger partial charge in [0, 0.05) is 18.5 Å². The summed E-state index contributed by atoms with van der Waals surface area (Å²) in [6.07, 6.45) is 1.38. The third-order valence-electron chi connectivity index (χ3n) is 6.66. The average molecular weight is 482 g/mol. The predicted molar refractivity (Wildman–Crippen MR) is 134 cm³/mol. The Kier molecular flexibility index (Phi) is 9.11. The van der Waals surface area contributed by atoms with Crippen LogP contribution in [-0.4, -0.2) is 42.4 Å². The molecule has 0 aliphatic heterocycles. The molecule has 3 amide bonds. The van der Waals surface area contributed by atoms with Gasteiger partial charge in [0.2, 0.25) is 0 Å². The molecule has 0 spiro atoms. The summed E-state index contributed by atoms with van der Waals surface area (Å²) in [4.78, 5) is 35.1. The van der Waals surface area contributed by atoms with Crippen LogP contribution in [0.4, 0.5) is 9.59 Å². The number of aliphatic carboxylic acids is 1. The Labute approximate surface area is 206 Å². The molecule has 35 heavy (non-hydrogen) atoms. The Bertz CT molecular complexity index is 993. The average Bonchev–Trinajstić information content (AvgIpc) is 3.14. The summed E-state index contributed by atoms with van der Waals surface area (Å²) < 4.78 is 5.66. The molecule has 0 heterocycles. The number of hydrogen-bond donors (Lipinski definition) is 4. The highest BCUT2D eigenvalue weighted by Gasteiger charge is 2.29. The van der Waals surface area contributed by atoms with Gasteiger partial charge in [-0.2, -0.15) is 0 Å². The largest absolute Gasteiger partial charge is 0.481 e. The summed E-state index contributed by atoms with van der Waals surface area (Å²) >= 11 is 0. The Morgan fingerprint density at radius 3 is 2.11 bits per heavy atom. The van der Waals surface area contributed by atoms with Crippen LogP contribution in [0.3, 0.4) is 0 Å². The van der Waals surface area contributed by atoms with Crippen molar-refractivity contribution in [2.45, 2.75) is 51.5 Å². The molecule has 3 rings (SSSR count). The summed E-state index contributed by atoms with van der Waals surface area (Å²) in [5, 5.41) is 15.0. The zero-order chi connectivity index (χ0) is 25.4. The number of primary amides is 1. The predicted octanol–water partition coefficient (Wildman–Crippen LogP) is 4.48. The van der Waals surface area contributed by atoms with Crippen molar-refractivity contribution in [1.82, 2.24) is 10.6 Å². The number of urea groups is 1. The molecule has 8 heteroatoms. The van der Waals surface area contributed by atoms with Crippen LogP contribution in [0, 0.1) is 11.8 Å². The highest BCUT2D eigenvalue weighted by atomic mass is 16.5. The van der Waals surface area contributed by atoms with Crippen molar-refractivity contribution in [3.05, 3.63) is 59.7 Å². The van der Waals surface area contributed by atoms with Gasteiger partial charge in [0.05, 0.1) is 5.92 Å². The molecule has 0 unspecified atom stereocenters. The van der Waals surface area contributed by atoms with Gasteiger partial charge in [-0.1, -0.05) is 62.4 Å². The lowest BCUT2D eigenvalue weighted by atomic mass is 9.91. The SMILES string of the molecule is CC(C)[C@@H](CC[C@@H](CCCNC(N)=O)C(=O)O)NC(=O)OCC1c2ccccc2-c2ccccc21. The third kappa shape index (κ3) is 6.97. The number of carbonyl (C=O) groups is 3. The smallest absolute Gasteiger partial charge is 0.407 e. The van der Waals surface area contributed by atoms with Crippen LogP contribution in [0.1, 0.15) is 56.6 Å². The zero-order valence-electron chi connectivity index (χ0n) is 20.3. The third-order valence-corrected chi connectivity index (χ3v) is 6.66. The zero-order valence-corrected chi connectivity index (χ0v) is 20.3. The number of carboxylic acid groups (broad SMARTS) is 1. The number of benzene rings is 2. The van der Waals surface area contributed by atoms with Crippen LogP contribution in [-0.2, 0) is 9.53 Å². The summed E-state index contributed by atoms with van der Waals surface area (Å²) in [5.41, 5.74) is 9.68. The summed E-state index contributed by atoms with van der Waals surface area (Å²) in [6.45, 7) is 4.54. The normalized spacial score (nSPS) is 14.0. The minimum atomic E-state index is -0.882. The number of ether oxygens (including phenoxy) is 1. The van der Waals surface area contributed by atoms with E-state index in [0.717, 1.165) is 11.1 Å². The Balaban J connectivity index is 1.54. The van der Waals surface area contributed by atoms with Gasteiger partial charge in [0.15, 0.2) is 0 Å². The molecule has 2 aromatic rings. The van der Waals surface area contributed by atoms with E-state index in [4.69, 9.17) is 10.5 Å². The van der Waals surface area contributed by atoms with Crippen LogP contribution in [0.25, 0.3) is 11.1 Å². The van der Waals surface area contributed by atoms with E-state index in [-0.39, 0.29) is 24.5 Å². The van der Waals surface area contributed by atoms with Crippen LogP contribution in [0.5, 0.6) is 0 Å². The van der Waals surface area contributed by atoms with Gasteiger partial charge in [0.25, 0.3) is 0 Å². The van der Waals surface area contributed by atoms with E-state index in [9.17, 15) is 19.5 Å². The first kappa shape index (κ1) is 26.1. The van der Waals surface area contributed by atoms with E-state index in [1.54, 1.807) is 0 Å². The number of rotatable bonds is 12. The quantitative estimate of drug-likeness (QED) is 0.332. The molecule has 0 saturated carbocycles. The maximum absolute atomic E-state index is 12.7. The highest BCUT2D eigenvalue weighted by Crippen LogP contribution is 2.44. The van der Waals surface area contributed by atoms with E-state index in [1.807, 2.05) is 38.1 Å². The Morgan fingerprint density at radius 1 is 0.971 bits per heavy atom. The molecular weight excluding hydrogens is 446 g/mol. The molecule has 0 bridgehead atoms. The number of nitrogens with one attached hydrogen (secondary N) is 2. The van der Waals surface area contributed by atoms with E-state index in [1.165, 1.54) is 11.1 Å². The van der Waals surface area contributed by atoms with Crippen molar-refractivity contribution in [3.63, 3.8) is 0 Å². The fraction of sp³-hybridized carbons (Fsp3) is 0.444. The molecule has 1 aliphatic carbocycles. The van der Waals surface area contributed by atoms with Crippen LogP contribution >= 0.6 is 0 Å². The van der Waals surface area contributed by atoms with Crippen molar-refractivity contribution < 1.29 is 24.2 Å². The van der Waals surface area contributed by atoms with Gasteiger partial charge in [-0.15, -0.1) is 0 Å². The molecule has 2 aromatic carbocycles. The Morgan fingerprint density at radius 2 is 1.57 bits per heavy atom. The van der Waals surface area contributed by atoms with Gasteiger partial charge in [-0.05, 0) is 53.9 Å². The van der Waals surface area contributed by atoms with Gasteiger partial charge in [-0.3, -0.25) is 4.79 Å². The monoisotopic (exact) mass is 481 g/mol. The van der Waals surface area contributed by atoms with Crippen LogP contribution in [0.2, 0.25) is 0 Å². The molecular formula is C27H35N3O5. The van der Waals surface area contributed by atoms with Gasteiger partial charge in [0.1, 0.15) is 6.61 Å². The van der Waals surface area contributed by atoms with E-state index >= 15 is 0 Å². The van der Waals surface area contributed by atoms with Crippen LogP contribution in [0.15, 0.2) is 48.5 Å². The molecule has 2 atom stereocenters. The van der Waals surface area contributed by atoms with Gasteiger partial charge < -0.3 is 26.2 Å². The lowest BCUT2D eigenvalue weighted by molar-refractivity contribution is -0.142. The number of hydrogen-bond acceptors (Lipinski definition) is 4. The first-order valence-corrected chi connectivity index (χ1v) is 12.2. The Hall–Kier alpha value is -3.55. The van der Waals surface area contributed by atoms with Crippen molar-refractivity contribution in [2.75, 3.05) is 13.2 Å². The van der Waals surface area contributed by atoms with Crippen molar-refractivity contribution >= 4 is 18.1 Å². The lowest BCUT2D eigenvalue weighted by Crippen LogP contribution is -2.40. The molecule has 0 radical (unpaired) electrons. The maximum Gasteiger partial charge on any atom is 0.407 e. The molecule has 1 aliphatic rings. The van der Waals surface area contributed by atoms with E-state index in [2.05, 4.69) is 34.9 Å². The van der Waals surface area contributed by atoms with E-state index < -0.39 is 24.0 Å². The van der Waals surface area contributed by atoms with Crippen molar-refractivity contribution in [3.8, 4) is 11.1 Å². The number of alkyl carbamates (subject to hydrolysis) is 1. The fourth-order valence-electron chi connectivity index (χ4n) is 4.70. The second-order valence-corrected chi connectivity index (χ2v) is 9.37. The summed E-state index contributed by atoms with van der Waals surface area (Å²) in [5.74, 6) is -1.35. The fourth-order valence-corrected chi connectivity index (χ4v) is 4.70. The molecule has 0 saturated heterocycles. The molecule has 8 nitrogen and oxygen atoms in total. The van der Waals surface area contributed by atoms with Gasteiger partial charge >= 0.3 is 18.1 Å². The highest BCUT2D eigenvalue weighted by molar-refractivity contribution is 5.79. The number of amides is 3. The molecule has 0 fully saturated rings. The second kappa shape index (κ2) is 12.2. The summed E-state index contributed by atoms with van der Waals surface area (Å²) in [6, 6.07) is 15.5. The standard InChI is InChI=1S/C27H35N3O5/c1-17(2)24(14-13-18(25(31)32)8-7-15-29-26(28)33)30-27(34)35-16-23-21-11-5-3-9-19(21)20-10-4-6-12-22(20)23/h3-6,9-12,17-18,23-24H,7-8,13-16H2,1-2H3,(H,30,34)(H,31,32)(H3,28,29,33)/t18-,24-/m1/s1. The number of carboxylic acids is 1. The summed E-state index contributed by atoms with van der Waals surface area (Å²) in [7, 11) is 0. The molecule has 188 valence electrons. The van der Waals surface area contributed by atoms with Crippen molar-refractivity contribution in [1.29, 1.82) is 0 Å². The first-order chi connectivity index (χ1) is 16.8. The van der Waals surface area contributed by atoms with Gasteiger partial charge in [-0.25, -0.2) is 9.59 Å². The first-order valence-electron chi connectivity index (χ1n) is 12.2. The van der Waals surface area contributed by atoms with E-state index in [0.29, 0.717) is 32.2 Å². The number of carbonyl (C=O) groups excluding carboxylic acids is 2. The number of nitrogens with two attached hydrogens (primary N) is 1. The number of fused-ring (bicyclic) bond motifs is 3. The lowest BCUT2D eigenvalue weighted by Gasteiger charge is -2.24. The van der Waals surface area contributed by atoms with Crippen LogP contribution < -0.4 is 16.4 Å². The second-order valence-electron chi connectivity index (χ2n) is 9.37. The minimum Gasteiger partial charge on any atom is -0.481 e. The maximum atomic E-state index is 12.7. The topological polar surface area (TPSA) is 131 Å².